The average molecular weight is 1040 g/mol. The van der Waals surface area contributed by atoms with E-state index in [1.807, 2.05) is 0 Å². The third-order valence-electron chi connectivity index (χ3n) is 16.4. The van der Waals surface area contributed by atoms with Gasteiger partial charge in [0.1, 0.15) is 11.2 Å². The first-order chi connectivity index (χ1) is 40.0. The lowest BCUT2D eigenvalue weighted by Crippen LogP contribution is -2.12. The Morgan fingerprint density at radius 3 is 1.04 bits per heavy atom. The second-order valence-corrected chi connectivity index (χ2v) is 21.4. The molecule has 0 saturated heterocycles. The van der Waals surface area contributed by atoms with Crippen LogP contribution in [0.15, 0.2) is 296 Å². The highest BCUT2D eigenvalue weighted by atomic mass is 16.3. The van der Waals surface area contributed by atoms with Crippen LogP contribution in [0.2, 0.25) is 0 Å². The third-order valence-corrected chi connectivity index (χ3v) is 16.4. The quantitative estimate of drug-likeness (QED) is 0.136. The lowest BCUT2D eigenvalue weighted by atomic mass is 9.96. The molecule has 1 heterocycles. The van der Waals surface area contributed by atoms with Gasteiger partial charge in [0.05, 0.1) is 11.4 Å². The minimum absolute atomic E-state index is 0.859. The molecule has 0 bridgehead atoms. The molecule has 14 aromatic carbocycles. The minimum Gasteiger partial charge on any atom is -0.456 e. The summed E-state index contributed by atoms with van der Waals surface area (Å²) in [6.45, 7) is 4.44. The van der Waals surface area contributed by atoms with Crippen LogP contribution in [0.3, 0.4) is 0 Å². The van der Waals surface area contributed by atoms with E-state index in [2.05, 4.69) is 315 Å². The molecule has 0 fully saturated rings. The zero-order valence-corrected chi connectivity index (χ0v) is 45.0. The summed E-state index contributed by atoms with van der Waals surface area (Å²) in [7, 11) is 0. The van der Waals surface area contributed by atoms with Crippen molar-refractivity contribution in [1.29, 1.82) is 0 Å². The molecule has 382 valence electrons. The van der Waals surface area contributed by atoms with Gasteiger partial charge in [-0.2, -0.15) is 0 Å². The molecule has 1 aromatic heterocycles. The number of hydrogen-bond donors (Lipinski definition) is 0. The molecule has 0 amide bonds. The van der Waals surface area contributed by atoms with Crippen LogP contribution in [0, 0.1) is 13.8 Å². The number of benzene rings is 14. The molecule has 3 heteroatoms. The van der Waals surface area contributed by atoms with Crippen LogP contribution < -0.4 is 9.80 Å². The molecular weight excluding hydrogens is 981 g/mol. The number of fused-ring (bicyclic) bond motifs is 7. The number of para-hydroxylation sites is 2. The van der Waals surface area contributed by atoms with Crippen molar-refractivity contribution in [3.63, 3.8) is 0 Å². The third kappa shape index (κ3) is 8.46. The molecule has 3 nitrogen and oxygen atoms in total. The molecule has 15 rings (SSSR count). The van der Waals surface area contributed by atoms with Crippen LogP contribution >= 0.6 is 0 Å². The first-order valence-corrected chi connectivity index (χ1v) is 27.9. The second kappa shape index (κ2) is 19.8. The number of rotatable bonds is 10. The van der Waals surface area contributed by atoms with Gasteiger partial charge >= 0.3 is 0 Å². The molecular formula is C78H54N2O. The summed E-state index contributed by atoms with van der Waals surface area (Å²) in [5.74, 6) is 0. The van der Waals surface area contributed by atoms with Gasteiger partial charge in [-0.3, -0.25) is 0 Å². The summed E-state index contributed by atoms with van der Waals surface area (Å²) in [5, 5.41) is 11.7. The van der Waals surface area contributed by atoms with Gasteiger partial charge in [0, 0.05) is 44.6 Å². The normalized spacial score (nSPS) is 11.6. The van der Waals surface area contributed by atoms with E-state index in [0.29, 0.717) is 0 Å². The van der Waals surface area contributed by atoms with Crippen LogP contribution in [-0.2, 0) is 0 Å². The van der Waals surface area contributed by atoms with Gasteiger partial charge in [-0.05, 0) is 174 Å². The number of hydrogen-bond acceptors (Lipinski definition) is 3. The Hall–Kier alpha value is -10.5. The van der Waals surface area contributed by atoms with Crippen molar-refractivity contribution < 1.29 is 4.42 Å². The van der Waals surface area contributed by atoms with Crippen molar-refractivity contribution >= 4 is 99.2 Å². The number of nitrogens with zero attached hydrogens (tertiary/aromatic N) is 2. The highest BCUT2D eigenvalue weighted by molar-refractivity contribution is 6.14. The highest BCUT2D eigenvalue weighted by Gasteiger charge is 2.23. The van der Waals surface area contributed by atoms with Crippen molar-refractivity contribution in [3.8, 4) is 44.5 Å². The summed E-state index contributed by atoms with van der Waals surface area (Å²) in [4.78, 5) is 4.86. The van der Waals surface area contributed by atoms with Gasteiger partial charge in [-0.1, -0.05) is 218 Å². The van der Waals surface area contributed by atoms with Crippen molar-refractivity contribution in [3.05, 3.63) is 302 Å². The summed E-state index contributed by atoms with van der Waals surface area (Å²) in [6.07, 6.45) is 0. The maximum absolute atomic E-state index is 6.94. The average Bonchev–Trinajstić information content (AvgIpc) is 3.95. The van der Waals surface area contributed by atoms with Crippen LogP contribution in [0.4, 0.5) is 34.1 Å². The Morgan fingerprint density at radius 2 is 0.593 bits per heavy atom. The van der Waals surface area contributed by atoms with Crippen molar-refractivity contribution in [2.24, 2.45) is 0 Å². The molecule has 0 saturated carbocycles. The number of aryl methyl sites for hydroxylation is 2. The number of furan rings is 1. The van der Waals surface area contributed by atoms with Gasteiger partial charge in [-0.25, -0.2) is 0 Å². The fourth-order valence-corrected chi connectivity index (χ4v) is 12.5. The second-order valence-electron chi connectivity index (χ2n) is 21.4. The van der Waals surface area contributed by atoms with Gasteiger partial charge < -0.3 is 14.2 Å². The summed E-state index contributed by atoms with van der Waals surface area (Å²) < 4.78 is 6.94. The van der Waals surface area contributed by atoms with E-state index in [9.17, 15) is 0 Å². The van der Waals surface area contributed by atoms with Crippen molar-refractivity contribution in [1.82, 2.24) is 0 Å². The first kappa shape index (κ1) is 47.7. The van der Waals surface area contributed by atoms with Crippen LogP contribution in [0.5, 0.6) is 0 Å². The Balaban J connectivity index is 0.844. The Morgan fingerprint density at radius 1 is 0.235 bits per heavy atom. The van der Waals surface area contributed by atoms with E-state index in [0.717, 1.165) is 77.6 Å². The van der Waals surface area contributed by atoms with E-state index in [1.54, 1.807) is 0 Å². The Bertz CT molecular complexity index is 4570. The van der Waals surface area contributed by atoms with Gasteiger partial charge in [0.25, 0.3) is 0 Å². The molecule has 0 unspecified atom stereocenters. The molecule has 81 heavy (non-hydrogen) atoms. The smallest absolute Gasteiger partial charge is 0.136 e. The Labute approximate surface area is 471 Å². The molecule has 0 radical (unpaired) electrons. The molecule has 0 spiro atoms. The van der Waals surface area contributed by atoms with Gasteiger partial charge in [0.2, 0.25) is 0 Å². The minimum atomic E-state index is 0.859. The summed E-state index contributed by atoms with van der Waals surface area (Å²) in [6, 6.07) is 106. The van der Waals surface area contributed by atoms with Gasteiger partial charge in [-0.15, -0.1) is 0 Å². The Kier molecular flexibility index (Phi) is 11.6. The SMILES string of the molecule is Cc1cccc(-c2ccccc2)c1N(c1ccc(-c2cccc3ccccc23)cc1)c1ccc2cc3c(cc2c1)oc1cc2cc(N(c4ccc(-c5cccc6ccccc56)cc4)c4c(C)cccc4-c4ccccc4)ccc2cc13. The molecule has 0 atom stereocenters. The fraction of sp³-hybridized carbons (Fsp3) is 0.0256. The number of anilines is 6. The molecule has 0 aliphatic heterocycles. The van der Waals surface area contributed by atoms with E-state index in [1.165, 1.54) is 77.2 Å². The van der Waals surface area contributed by atoms with E-state index in [-0.39, 0.29) is 0 Å². The molecule has 0 aliphatic carbocycles. The fourth-order valence-electron chi connectivity index (χ4n) is 12.5. The predicted molar refractivity (Wildman–Crippen MR) is 344 cm³/mol. The lowest BCUT2D eigenvalue weighted by molar-refractivity contribution is 0.670. The molecule has 0 aliphatic rings. The van der Waals surface area contributed by atoms with Crippen LogP contribution in [0.1, 0.15) is 11.1 Å². The van der Waals surface area contributed by atoms with E-state index < -0.39 is 0 Å². The molecule has 0 N–H and O–H groups in total. The molecule has 15 aromatic rings. The topological polar surface area (TPSA) is 19.6 Å². The monoisotopic (exact) mass is 1030 g/mol. The van der Waals surface area contributed by atoms with Gasteiger partial charge in [0.15, 0.2) is 0 Å². The predicted octanol–water partition coefficient (Wildman–Crippen LogP) is 22.4. The lowest BCUT2D eigenvalue weighted by Gasteiger charge is -2.30. The van der Waals surface area contributed by atoms with Crippen molar-refractivity contribution in [2.45, 2.75) is 13.8 Å². The largest absolute Gasteiger partial charge is 0.456 e. The zero-order chi connectivity index (χ0) is 54.0. The summed E-state index contributed by atoms with van der Waals surface area (Å²) in [5.41, 5.74) is 20.2. The van der Waals surface area contributed by atoms with E-state index in [4.69, 9.17) is 4.42 Å². The highest BCUT2D eigenvalue weighted by Crippen LogP contribution is 2.48. The van der Waals surface area contributed by atoms with Crippen LogP contribution in [0.25, 0.3) is 110 Å². The van der Waals surface area contributed by atoms with Crippen molar-refractivity contribution in [2.75, 3.05) is 9.80 Å². The maximum atomic E-state index is 6.94. The van der Waals surface area contributed by atoms with E-state index >= 15 is 0 Å². The van der Waals surface area contributed by atoms with Crippen LogP contribution in [-0.4, -0.2) is 0 Å². The zero-order valence-electron chi connectivity index (χ0n) is 45.0. The summed E-state index contributed by atoms with van der Waals surface area (Å²) >= 11 is 0. The maximum Gasteiger partial charge on any atom is 0.136 e. The first-order valence-electron chi connectivity index (χ1n) is 27.9. The standard InChI is InChI=1S/C78H54N2O/c1-51-17-13-31-71(55-19-5-3-6-20-55)77(51)79(63-39-33-57(34-40-63)69-29-15-25-53-23-9-11-27-67(53)69)65-43-37-59-47-73-74-48-60-38-44-66(46-62(60)50-76(74)81-75(73)49-61(59)45-65)80(78-52(2)18-14-32-72(78)56-21-7-4-8-22-56)64-41-35-58(36-42-64)70-30-16-26-54-24-10-12-28-68(54)70/h3-50H,1-2H3.